The number of aromatic nitrogens is 1. The highest BCUT2D eigenvalue weighted by Gasteiger charge is 2.32. The Kier molecular flexibility index (Phi) is 3.41. The topological polar surface area (TPSA) is 37.3 Å². The van der Waals surface area contributed by atoms with Gasteiger partial charge in [-0.3, -0.25) is 9.69 Å². The minimum atomic E-state index is 0.172. The molecule has 4 rings (SSSR count). The lowest BCUT2D eigenvalue weighted by molar-refractivity contribution is -0.124. The van der Waals surface area contributed by atoms with Crippen molar-refractivity contribution < 1.29 is 4.79 Å². The number of fused-ring (bicyclic) bond motifs is 4. The SMILES string of the molecule is Cn1ccc2ccc(CN3C[C@H]4CCC[C@@H](C3)C(=O)N4)cc21. The molecule has 1 aromatic carbocycles. The first-order valence-corrected chi connectivity index (χ1v) is 8.26. The smallest absolute Gasteiger partial charge is 0.224 e. The molecule has 1 aromatic heterocycles. The quantitative estimate of drug-likeness (QED) is 0.923. The number of nitrogens with zero attached hydrogens (tertiary/aromatic N) is 2. The number of nitrogens with one attached hydrogen (secondary N) is 1. The molecule has 22 heavy (non-hydrogen) atoms. The largest absolute Gasteiger partial charge is 0.352 e. The molecule has 116 valence electrons. The van der Waals surface area contributed by atoms with Crippen LogP contribution in [0.15, 0.2) is 30.5 Å². The fraction of sp³-hybridized carbons (Fsp3) is 0.500. The van der Waals surface area contributed by atoms with Crippen molar-refractivity contribution in [1.29, 1.82) is 0 Å². The van der Waals surface area contributed by atoms with Crippen molar-refractivity contribution in [3.8, 4) is 0 Å². The molecule has 2 fully saturated rings. The van der Waals surface area contributed by atoms with Crippen molar-refractivity contribution in [1.82, 2.24) is 14.8 Å². The molecule has 2 saturated heterocycles. The molecule has 2 atom stereocenters. The van der Waals surface area contributed by atoms with Crippen molar-refractivity contribution in [2.75, 3.05) is 13.1 Å². The molecular formula is C18H23N3O. The molecule has 2 aliphatic rings. The number of benzene rings is 1. The summed E-state index contributed by atoms with van der Waals surface area (Å²) >= 11 is 0. The van der Waals surface area contributed by atoms with E-state index in [1.807, 2.05) is 0 Å². The molecule has 0 spiro atoms. The zero-order chi connectivity index (χ0) is 15.1. The van der Waals surface area contributed by atoms with Crippen molar-refractivity contribution in [2.45, 2.75) is 31.8 Å². The molecular weight excluding hydrogens is 274 g/mol. The van der Waals surface area contributed by atoms with Gasteiger partial charge in [-0.05, 0) is 35.9 Å². The third kappa shape index (κ3) is 2.52. The van der Waals surface area contributed by atoms with E-state index in [-0.39, 0.29) is 11.8 Å². The Balaban J connectivity index is 1.56. The molecule has 4 heteroatoms. The molecule has 1 amide bonds. The molecule has 3 heterocycles. The predicted molar refractivity (Wildman–Crippen MR) is 87.5 cm³/mol. The van der Waals surface area contributed by atoms with Crippen LogP contribution in [0.3, 0.4) is 0 Å². The molecule has 0 aliphatic carbocycles. The summed E-state index contributed by atoms with van der Waals surface area (Å²) in [6.07, 6.45) is 5.44. The van der Waals surface area contributed by atoms with Crippen LogP contribution >= 0.6 is 0 Å². The Bertz CT molecular complexity index is 705. The Labute approximate surface area is 131 Å². The van der Waals surface area contributed by atoms with Gasteiger partial charge >= 0.3 is 0 Å². The summed E-state index contributed by atoms with van der Waals surface area (Å²) in [5.74, 6) is 0.439. The van der Waals surface area contributed by atoms with E-state index in [2.05, 4.69) is 52.3 Å². The average Bonchev–Trinajstić information content (AvgIpc) is 2.66. The molecule has 0 saturated carbocycles. The molecule has 2 aliphatic heterocycles. The summed E-state index contributed by atoms with van der Waals surface area (Å²) in [6.45, 7) is 2.81. The normalized spacial score (nSPS) is 26.0. The second-order valence-corrected chi connectivity index (χ2v) is 6.85. The fourth-order valence-electron chi connectivity index (χ4n) is 3.94. The van der Waals surface area contributed by atoms with Gasteiger partial charge in [0.25, 0.3) is 0 Å². The van der Waals surface area contributed by atoms with E-state index in [1.54, 1.807) is 0 Å². The van der Waals surface area contributed by atoms with Gasteiger partial charge in [0.15, 0.2) is 0 Å². The third-order valence-electron chi connectivity index (χ3n) is 5.14. The first-order valence-electron chi connectivity index (χ1n) is 8.26. The number of hydrogen-bond donors (Lipinski definition) is 1. The third-order valence-corrected chi connectivity index (χ3v) is 5.14. The summed E-state index contributed by atoms with van der Waals surface area (Å²) in [7, 11) is 2.09. The van der Waals surface area contributed by atoms with Gasteiger partial charge in [-0.1, -0.05) is 18.6 Å². The summed E-state index contributed by atoms with van der Waals surface area (Å²) in [6, 6.07) is 9.19. The number of likely N-dealkylation sites (tertiary alicyclic amines) is 1. The average molecular weight is 297 g/mol. The maximum atomic E-state index is 12.1. The highest BCUT2D eigenvalue weighted by molar-refractivity contribution is 5.81. The van der Waals surface area contributed by atoms with Gasteiger partial charge in [-0.15, -0.1) is 0 Å². The standard InChI is InChI=1S/C18H23N3O/c1-20-8-7-14-6-5-13(9-17(14)20)10-21-11-15-3-2-4-16(12-21)19-18(15)22/h5-9,15-16H,2-4,10-12H2,1H3,(H,19,22)/t15-,16+/m0/s1. The zero-order valence-electron chi connectivity index (χ0n) is 13.1. The van der Waals surface area contributed by atoms with E-state index in [1.165, 1.54) is 22.9 Å². The maximum absolute atomic E-state index is 12.1. The highest BCUT2D eigenvalue weighted by Crippen LogP contribution is 2.24. The predicted octanol–water partition coefficient (Wildman–Crippen LogP) is 2.28. The van der Waals surface area contributed by atoms with E-state index < -0.39 is 0 Å². The van der Waals surface area contributed by atoms with Crippen LogP contribution < -0.4 is 5.32 Å². The molecule has 2 bridgehead atoms. The number of rotatable bonds is 2. The molecule has 4 nitrogen and oxygen atoms in total. The molecule has 1 N–H and O–H groups in total. The Morgan fingerprint density at radius 3 is 3.05 bits per heavy atom. The minimum absolute atomic E-state index is 0.172. The van der Waals surface area contributed by atoms with Crippen LogP contribution in [0, 0.1) is 5.92 Å². The molecule has 2 aromatic rings. The van der Waals surface area contributed by atoms with E-state index in [4.69, 9.17) is 0 Å². The Hall–Kier alpha value is -1.81. The van der Waals surface area contributed by atoms with Gasteiger partial charge in [-0.2, -0.15) is 0 Å². The first kappa shape index (κ1) is 13.8. The summed E-state index contributed by atoms with van der Waals surface area (Å²) in [4.78, 5) is 14.6. The van der Waals surface area contributed by atoms with Crippen LogP contribution in [0.5, 0.6) is 0 Å². The fourth-order valence-corrected chi connectivity index (χ4v) is 3.94. The second kappa shape index (κ2) is 5.43. The van der Waals surface area contributed by atoms with E-state index in [0.29, 0.717) is 6.04 Å². The zero-order valence-corrected chi connectivity index (χ0v) is 13.1. The monoisotopic (exact) mass is 297 g/mol. The van der Waals surface area contributed by atoms with Crippen LogP contribution in [0.4, 0.5) is 0 Å². The molecule has 0 unspecified atom stereocenters. The summed E-state index contributed by atoms with van der Waals surface area (Å²) < 4.78 is 2.17. The van der Waals surface area contributed by atoms with Gasteiger partial charge in [-0.25, -0.2) is 0 Å². The number of carbonyl (C=O) groups is 1. The van der Waals surface area contributed by atoms with Crippen LogP contribution in [0.2, 0.25) is 0 Å². The van der Waals surface area contributed by atoms with Gasteiger partial charge in [0.05, 0.1) is 5.92 Å². The first-order chi connectivity index (χ1) is 10.7. The Morgan fingerprint density at radius 2 is 2.14 bits per heavy atom. The summed E-state index contributed by atoms with van der Waals surface area (Å²) in [5.41, 5.74) is 2.61. The van der Waals surface area contributed by atoms with Crippen molar-refractivity contribution >= 4 is 16.8 Å². The highest BCUT2D eigenvalue weighted by atomic mass is 16.2. The van der Waals surface area contributed by atoms with Crippen LogP contribution in [0.1, 0.15) is 24.8 Å². The van der Waals surface area contributed by atoms with E-state index in [9.17, 15) is 4.79 Å². The van der Waals surface area contributed by atoms with Crippen LogP contribution in [0.25, 0.3) is 10.9 Å². The van der Waals surface area contributed by atoms with Gasteiger partial charge in [0, 0.05) is 44.4 Å². The van der Waals surface area contributed by atoms with Gasteiger partial charge in [0.1, 0.15) is 0 Å². The van der Waals surface area contributed by atoms with E-state index in [0.717, 1.165) is 32.5 Å². The van der Waals surface area contributed by atoms with Gasteiger partial charge < -0.3 is 9.88 Å². The van der Waals surface area contributed by atoms with Crippen molar-refractivity contribution in [2.24, 2.45) is 13.0 Å². The van der Waals surface area contributed by atoms with Gasteiger partial charge in [0.2, 0.25) is 5.91 Å². The number of hydrogen-bond acceptors (Lipinski definition) is 2. The minimum Gasteiger partial charge on any atom is -0.352 e. The maximum Gasteiger partial charge on any atom is 0.224 e. The lowest BCUT2D eigenvalue weighted by Crippen LogP contribution is -2.38. The summed E-state index contributed by atoms with van der Waals surface area (Å²) in [5, 5.41) is 4.49. The number of aryl methyl sites for hydroxylation is 1. The van der Waals surface area contributed by atoms with Crippen molar-refractivity contribution in [3.05, 3.63) is 36.0 Å². The lowest BCUT2D eigenvalue weighted by atomic mass is 9.99. The van der Waals surface area contributed by atoms with E-state index >= 15 is 0 Å². The second-order valence-electron chi connectivity index (χ2n) is 6.85. The van der Waals surface area contributed by atoms with Crippen LogP contribution in [-0.2, 0) is 18.4 Å². The number of amides is 1. The number of carbonyl (C=O) groups excluding carboxylic acids is 1. The van der Waals surface area contributed by atoms with Crippen molar-refractivity contribution in [3.63, 3.8) is 0 Å². The molecule has 0 radical (unpaired) electrons. The Morgan fingerprint density at radius 1 is 1.23 bits per heavy atom. The lowest BCUT2D eigenvalue weighted by Gasteiger charge is -2.27. The van der Waals surface area contributed by atoms with Crippen LogP contribution in [-0.4, -0.2) is 34.5 Å².